The van der Waals surface area contributed by atoms with Gasteiger partial charge < -0.3 is 9.16 Å². The zero-order chi connectivity index (χ0) is 21.2. The molecule has 0 bridgehead atoms. The Morgan fingerprint density at radius 2 is 1.62 bits per heavy atom. The molecule has 5 heteroatoms. The van der Waals surface area contributed by atoms with E-state index in [1.54, 1.807) is 12.1 Å². The van der Waals surface area contributed by atoms with Crippen LogP contribution in [0.25, 0.3) is 0 Å². The summed E-state index contributed by atoms with van der Waals surface area (Å²) < 4.78 is 12.8. The summed E-state index contributed by atoms with van der Waals surface area (Å²) in [5.41, 5.74) is 2.36. The van der Waals surface area contributed by atoms with Gasteiger partial charge in [-0.15, -0.1) is 0 Å². The first-order valence-corrected chi connectivity index (χ1v) is 13.3. The second-order valence-corrected chi connectivity index (χ2v) is 14.8. The van der Waals surface area contributed by atoms with Crippen molar-refractivity contribution in [3.8, 4) is 0 Å². The number of fused-ring (bicyclic) bond motifs is 1. The molecule has 29 heavy (non-hydrogen) atoms. The Hall–Kier alpha value is -1.43. The van der Waals surface area contributed by atoms with Gasteiger partial charge >= 0.3 is 5.97 Å². The largest absolute Gasteiger partial charge is 0.453 e. The van der Waals surface area contributed by atoms with Crippen molar-refractivity contribution in [2.24, 2.45) is 0 Å². The lowest BCUT2D eigenvalue weighted by molar-refractivity contribution is 0.0267. The lowest BCUT2D eigenvalue weighted by Crippen LogP contribution is -2.53. The quantitative estimate of drug-likeness (QED) is 0.339. The molecule has 2 aliphatic rings. The Balaban J connectivity index is 1.68. The number of carbonyl (C=O) groups is 1. The number of esters is 1. The van der Waals surface area contributed by atoms with Gasteiger partial charge in [0.05, 0.1) is 17.7 Å². The fraction of sp³-hybridized carbons (Fsp3) is 0.625. The van der Waals surface area contributed by atoms with E-state index in [4.69, 9.17) is 9.16 Å². The number of benzene rings is 1. The van der Waals surface area contributed by atoms with Crippen LogP contribution < -0.4 is 0 Å². The molecule has 0 radical (unpaired) electrons. The maximum Gasteiger partial charge on any atom is 0.338 e. The van der Waals surface area contributed by atoms with E-state index in [1.165, 1.54) is 0 Å². The molecule has 3 atom stereocenters. The summed E-state index contributed by atoms with van der Waals surface area (Å²) in [5.74, 6) is -0.253. The van der Waals surface area contributed by atoms with Crippen LogP contribution in [0.1, 0.15) is 58.3 Å². The van der Waals surface area contributed by atoms with Crippen LogP contribution in [-0.4, -0.2) is 50.5 Å². The van der Waals surface area contributed by atoms with Gasteiger partial charge in [-0.2, -0.15) is 0 Å². The Morgan fingerprint density at radius 1 is 1.00 bits per heavy atom. The summed E-state index contributed by atoms with van der Waals surface area (Å²) in [6, 6.07) is 9.52. The Bertz CT molecular complexity index is 694. The van der Waals surface area contributed by atoms with E-state index in [0.717, 1.165) is 19.5 Å². The second-order valence-electron chi connectivity index (χ2n) is 9.44. The van der Waals surface area contributed by atoms with Crippen LogP contribution in [0, 0.1) is 0 Å². The molecule has 4 nitrogen and oxygen atoms in total. The molecule has 0 amide bonds. The molecule has 2 aliphatic heterocycles. The smallest absolute Gasteiger partial charge is 0.338 e. The van der Waals surface area contributed by atoms with Gasteiger partial charge in [0.25, 0.3) is 0 Å². The van der Waals surface area contributed by atoms with E-state index in [-0.39, 0.29) is 18.2 Å². The fourth-order valence-corrected chi connectivity index (χ4v) is 11.1. The first-order valence-electron chi connectivity index (χ1n) is 11.1. The first kappa shape index (κ1) is 22.3. The van der Waals surface area contributed by atoms with E-state index in [0.29, 0.717) is 28.2 Å². The third kappa shape index (κ3) is 4.52. The molecule has 160 valence electrons. The molecular weight excluding hydrogens is 378 g/mol. The molecule has 2 heterocycles. The summed E-state index contributed by atoms with van der Waals surface area (Å²) in [5, 5.41) is 0. The summed E-state index contributed by atoms with van der Waals surface area (Å²) in [6.45, 7) is 15.8. The predicted molar refractivity (Wildman–Crippen MR) is 121 cm³/mol. The molecule has 1 fully saturated rings. The van der Waals surface area contributed by atoms with Gasteiger partial charge in [0.15, 0.2) is 0 Å². The number of hydrogen-bond acceptors (Lipinski definition) is 4. The van der Waals surface area contributed by atoms with Gasteiger partial charge in [-0.1, -0.05) is 65.8 Å². The highest BCUT2D eigenvalue weighted by atomic mass is 28.4. The van der Waals surface area contributed by atoms with Crippen molar-refractivity contribution in [3.05, 3.63) is 48.0 Å². The van der Waals surface area contributed by atoms with Crippen LogP contribution in [0.5, 0.6) is 0 Å². The van der Waals surface area contributed by atoms with E-state index >= 15 is 0 Å². The maximum absolute atomic E-state index is 12.4. The van der Waals surface area contributed by atoms with E-state index in [2.05, 4.69) is 58.6 Å². The minimum atomic E-state index is -1.90. The van der Waals surface area contributed by atoms with Crippen molar-refractivity contribution < 1.29 is 14.0 Å². The number of ether oxygens (including phenoxy) is 1. The van der Waals surface area contributed by atoms with Gasteiger partial charge in [0.2, 0.25) is 8.32 Å². The fourth-order valence-electron chi connectivity index (χ4n) is 5.49. The average molecular weight is 416 g/mol. The zero-order valence-electron chi connectivity index (χ0n) is 18.8. The van der Waals surface area contributed by atoms with Gasteiger partial charge in [-0.25, -0.2) is 4.79 Å². The van der Waals surface area contributed by atoms with E-state index in [9.17, 15) is 4.79 Å². The van der Waals surface area contributed by atoms with Crippen molar-refractivity contribution in [2.45, 2.75) is 82.8 Å². The van der Waals surface area contributed by atoms with Gasteiger partial charge in [-0.05, 0) is 41.3 Å². The molecule has 0 aliphatic carbocycles. The van der Waals surface area contributed by atoms with Gasteiger partial charge in [0, 0.05) is 13.1 Å². The third-order valence-corrected chi connectivity index (χ3v) is 12.9. The highest BCUT2D eigenvalue weighted by Crippen LogP contribution is 2.44. The molecule has 0 unspecified atom stereocenters. The Morgan fingerprint density at radius 3 is 2.21 bits per heavy atom. The lowest BCUT2D eigenvalue weighted by Gasteiger charge is -2.45. The maximum atomic E-state index is 12.4. The molecule has 1 aromatic rings. The third-order valence-electron chi connectivity index (χ3n) is 6.77. The van der Waals surface area contributed by atoms with Crippen LogP contribution in [-0.2, 0) is 9.16 Å². The highest BCUT2D eigenvalue weighted by molar-refractivity contribution is 6.77. The summed E-state index contributed by atoms with van der Waals surface area (Å²) in [4.78, 5) is 14.8. The van der Waals surface area contributed by atoms with Crippen LogP contribution in [0.15, 0.2) is 42.5 Å². The van der Waals surface area contributed by atoms with Gasteiger partial charge in [0.1, 0.15) is 6.10 Å². The molecular formula is C24H37NO3Si. The minimum Gasteiger partial charge on any atom is -0.453 e. The van der Waals surface area contributed by atoms with Crippen LogP contribution >= 0.6 is 0 Å². The van der Waals surface area contributed by atoms with Crippen molar-refractivity contribution in [1.29, 1.82) is 0 Å². The van der Waals surface area contributed by atoms with E-state index < -0.39 is 8.32 Å². The summed E-state index contributed by atoms with van der Waals surface area (Å²) >= 11 is 0. The van der Waals surface area contributed by atoms with Crippen molar-refractivity contribution in [3.63, 3.8) is 0 Å². The molecule has 1 aromatic carbocycles. The van der Waals surface area contributed by atoms with Crippen LogP contribution in [0.2, 0.25) is 16.6 Å². The summed E-state index contributed by atoms with van der Waals surface area (Å²) in [6.07, 6.45) is 5.38. The average Bonchev–Trinajstić information content (AvgIpc) is 3.07. The van der Waals surface area contributed by atoms with Crippen molar-refractivity contribution in [1.82, 2.24) is 4.90 Å². The molecule has 3 rings (SSSR count). The molecule has 0 aromatic heterocycles. The number of carbonyl (C=O) groups excluding carboxylic acids is 1. The molecule has 0 N–H and O–H groups in total. The molecule has 0 saturated carbocycles. The topological polar surface area (TPSA) is 38.8 Å². The predicted octanol–water partition coefficient (Wildman–Crippen LogP) is 5.42. The van der Waals surface area contributed by atoms with E-state index in [1.807, 2.05) is 18.2 Å². The van der Waals surface area contributed by atoms with Crippen LogP contribution in [0.3, 0.4) is 0 Å². The monoisotopic (exact) mass is 415 g/mol. The Labute approximate surface area is 177 Å². The standard InChI is InChI=1S/C24H37NO3Si/c1-17(2)29(18(3)4,19(5)6)28-23-14-15-25-16-21(12-13-22(23)25)27-24(26)20-10-8-7-9-11-20/h7-13,17-19,21-23H,14-16H2,1-6H3/t21-,22+,23-/m1/s1. The molecule has 0 spiro atoms. The summed E-state index contributed by atoms with van der Waals surface area (Å²) in [7, 11) is -1.90. The number of nitrogens with zero attached hydrogens (tertiary/aromatic N) is 1. The second kappa shape index (κ2) is 9.15. The normalized spacial score (nSPS) is 25.1. The minimum absolute atomic E-state index is 0.194. The van der Waals surface area contributed by atoms with Crippen molar-refractivity contribution >= 4 is 14.3 Å². The molecule has 1 saturated heterocycles. The zero-order valence-corrected chi connectivity index (χ0v) is 19.8. The Kier molecular flexibility index (Phi) is 7.02. The lowest BCUT2D eigenvalue weighted by atomic mass is 10.1. The van der Waals surface area contributed by atoms with Crippen LogP contribution in [0.4, 0.5) is 0 Å². The number of hydrogen-bond donors (Lipinski definition) is 0. The first-order chi connectivity index (χ1) is 13.8. The van der Waals surface area contributed by atoms with Gasteiger partial charge in [-0.3, -0.25) is 4.90 Å². The van der Waals surface area contributed by atoms with Crippen molar-refractivity contribution in [2.75, 3.05) is 13.1 Å². The number of rotatable bonds is 7. The highest BCUT2D eigenvalue weighted by Gasteiger charge is 2.49. The SMILES string of the molecule is CC(C)[Si](O[C@@H]1CCN2C[C@H](OC(=O)c3ccccc3)C=C[C@@H]12)(C(C)C)C(C)C.